The summed E-state index contributed by atoms with van der Waals surface area (Å²) >= 11 is 0. The van der Waals surface area contributed by atoms with Crippen molar-refractivity contribution in [1.29, 1.82) is 10.5 Å². The van der Waals surface area contributed by atoms with Crippen molar-refractivity contribution in [2.45, 2.75) is 12.0 Å². The predicted octanol–water partition coefficient (Wildman–Crippen LogP) is -1.23. The Kier molecular flexibility index (Phi) is 5.98. The second-order valence-corrected chi connectivity index (χ2v) is 2.14. The van der Waals surface area contributed by atoms with Crippen molar-refractivity contribution in [3.63, 3.8) is 0 Å². The van der Waals surface area contributed by atoms with Gasteiger partial charge in [-0.1, -0.05) is 11.9 Å². The third-order valence-electron chi connectivity index (χ3n) is 1.23. The molecule has 0 saturated carbocycles. The molecule has 0 aromatic heterocycles. The van der Waals surface area contributed by atoms with Gasteiger partial charge in [0, 0.05) is 0 Å². The quantitative estimate of drug-likeness (QED) is 0.447. The van der Waals surface area contributed by atoms with E-state index in [1.807, 2.05) is 0 Å². The first-order valence-corrected chi connectivity index (χ1v) is 2.73. The molecular formula is C4BF6N2Rb. The van der Waals surface area contributed by atoms with Crippen molar-refractivity contribution in [2.24, 2.45) is 0 Å². The molecule has 0 saturated heterocycles. The van der Waals surface area contributed by atoms with Gasteiger partial charge in [0.1, 0.15) is 0 Å². The van der Waals surface area contributed by atoms with Crippen molar-refractivity contribution in [2.75, 3.05) is 0 Å². The summed E-state index contributed by atoms with van der Waals surface area (Å²) in [6.45, 7) is 0. The minimum atomic E-state index is -6.24. The molecule has 2 nitrogen and oxygen atoms in total. The summed E-state index contributed by atoms with van der Waals surface area (Å²) < 4.78 is 70.8. The van der Waals surface area contributed by atoms with Crippen LogP contribution in [-0.4, -0.2) is 18.4 Å². The third-order valence-corrected chi connectivity index (χ3v) is 1.23. The van der Waals surface area contributed by atoms with E-state index in [1.165, 1.54) is 0 Å². The van der Waals surface area contributed by atoms with E-state index in [0.717, 1.165) is 0 Å². The van der Waals surface area contributed by atoms with Crippen LogP contribution < -0.4 is 58.2 Å². The van der Waals surface area contributed by atoms with E-state index in [4.69, 9.17) is 10.5 Å². The van der Waals surface area contributed by atoms with Gasteiger partial charge in [0.2, 0.25) is 0 Å². The van der Waals surface area contributed by atoms with Gasteiger partial charge in [0.25, 0.3) is 5.82 Å². The molecule has 0 aromatic carbocycles. The molecule has 0 radical (unpaired) electrons. The van der Waals surface area contributed by atoms with E-state index >= 15 is 0 Å². The Labute approximate surface area is 124 Å². The molecule has 0 bridgehead atoms. The van der Waals surface area contributed by atoms with Gasteiger partial charge in [-0.3, -0.25) is 0 Å². The molecule has 0 aliphatic rings. The fraction of sp³-hybridized carbons (Fsp3) is 0.500. The van der Waals surface area contributed by atoms with Gasteiger partial charge in [-0.25, -0.2) is 19.3 Å². The second-order valence-electron chi connectivity index (χ2n) is 2.14. The van der Waals surface area contributed by atoms with E-state index < -0.39 is 18.4 Å². The number of nitriles is 2. The SMILES string of the molecule is N#C[B-](F)(C#N)C(F)(F)C(F)(F)F.[Rb+]. The molecule has 72 valence electrons. The van der Waals surface area contributed by atoms with Gasteiger partial charge in [0.15, 0.2) is 0 Å². The van der Waals surface area contributed by atoms with Crippen molar-refractivity contribution < 1.29 is 84.5 Å². The van der Waals surface area contributed by atoms with Gasteiger partial charge in [-0.2, -0.15) is 13.2 Å². The number of alkyl halides is 5. The number of rotatable bonds is 1. The van der Waals surface area contributed by atoms with Gasteiger partial charge in [0.05, 0.1) is 0 Å². The average Bonchev–Trinajstić information content (AvgIpc) is 2.00. The summed E-state index contributed by atoms with van der Waals surface area (Å²) in [6.07, 6.45) is -11.8. The fourth-order valence-corrected chi connectivity index (χ4v) is 0.417. The standard InChI is InChI=1S/C4BF6N2.Rb/c6-3(7,4(8,9)10)5(11,1-12)2-13;/q-1;+1. The van der Waals surface area contributed by atoms with Crippen LogP contribution in [0.3, 0.4) is 0 Å². The molecule has 0 atom stereocenters. The molecule has 0 heterocycles. The van der Waals surface area contributed by atoms with E-state index in [0.29, 0.717) is 0 Å². The molecule has 0 fully saturated rings. The van der Waals surface area contributed by atoms with E-state index in [-0.39, 0.29) is 70.1 Å². The second kappa shape index (κ2) is 4.97. The van der Waals surface area contributed by atoms with Crippen LogP contribution in [-0.2, 0) is 0 Å². The Balaban J connectivity index is 0. The van der Waals surface area contributed by atoms with Crippen LogP contribution in [0.4, 0.5) is 26.3 Å². The smallest absolute Gasteiger partial charge is 0.476 e. The van der Waals surface area contributed by atoms with Gasteiger partial charge in [-0.05, 0) is 0 Å². The number of halogens is 6. The summed E-state index contributed by atoms with van der Waals surface area (Å²) in [5.74, 6) is -5.85. The number of hydrogen-bond donors (Lipinski definition) is 0. The zero-order valence-corrected chi connectivity index (χ0v) is 11.7. The van der Waals surface area contributed by atoms with Crippen molar-refractivity contribution in [3.05, 3.63) is 0 Å². The Morgan fingerprint density at radius 2 is 1.21 bits per heavy atom. The molecule has 0 rings (SSSR count). The number of nitrogens with zero attached hydrogens (tertiary/aromatic N) is 2. The largest absolute Gasteiger partial charge is 1.00 e. The van der Waals surface area contributed by atoms with Crippen LogP contribution in [0.25, 0.3) is 0 Å². The van der Waals surface area contributed by atoms with Gasteiger partial charge >= 0.3 is 70.8 Å². The minimum Gasteiger partial charge on any atom is -0.476 e. The van der Waals surface area contributed by atoms with Crippen LogP contribution >= 0.6 is 0 Å². The van der Waals surface area contributed by atoms with Crippen LogP contribution in [0.5, 0.6) is 0 Å². The van der Waals surface area contributed by atoms with E-state index in [1.54, 1.807) is 0 Å². The Hall–Kier alpha value is 0.430. The van der Waals surface area contributed by atoms with Crippen LogP contribution in [0.2, 0.25) is 0 Å². The normalized spacial score (nSPS) is 12.3. The summed E-state index contributed by atoms with van der Waals surface area (Å²) in [7, 11) is 0. The van der Waals surface area contributed by atoms with E-state index in [2.05, 4.69) is 0 Å². The third kappa shape index (κ3) is 2.72. The van der Waals surface area contributed by atoms with Crippen LogP contribution in [0.15, 0.2) is 0 Å². The Morgan fingerprint density at radius 1 is 0.929 bits per heavy atom. The topological polar surface area (TPSA) is 47.6 Å². The molecule has 0 aromatic rings. The Morgan fingerprint density at radius 3 is 1.29 bits per heavy atom. The number of hydrogen-bond acceptors (Lipinski definition) is 2. The fourth-order valence-electron chi connectivity index (χ4n) is 0.417. The van der Waals surface area contributed by atoms with Crippen molar-refractivity contribution in [3.8, 4) is 11.9 Å². The van der Waals surface area contributed by atoms with Crippen LogP contribution in [0, 0.1) is 22.5 Å². The maximum Gasteiger partial charge on any atom is 1.00 e. The average molecular weight is 286 g/mol. The Bertz CT molecular complexity index is 274. The first-order chi connectivity index (χ1) is 5.62. The molecule has 10 heteroatoms. The molecule has 0 N–H and O–H groups in total. The summed E-state index contributed by atoms with van der Waals surface area (Å²) in [5.41, 5.74) is 0. The van der Waals surface area contributed by atoms with Gasteiger partial charge in [-0.15, -0.1) is 0 Å². The summed E-state index contributed by atoms with van der Waals surface area (Å²) in [5, 5.41) is 15.4. The maximum absolute atomic E-state index is 12.4. The molecule has 0 spiro atoms. The molecule has 14 heavy (non-hydrogen) atoms. The molecule has 0 amide bonds. The molecular weight excluding hydrogens is 286 g/mol. The van der Waals surface area contributed by atoms with Crippen molar-refractivity contribution in [1.82, 2.24) is 0 Å². The van der Waals surface area contributed by atoms with Crippen LogP contribution in [0.1, 0.15) is 0 Å². The summed E-state index contributed by atoms with van der Waals surface area (Å²) in [4.78, 5) is 0. The zero-order valence-electron chi connectivity index (χ0n) is 6.74. The van der Waals surface area contributed by atoms with Gasteiger partial charge < -0.3 is 4.32 Å². The monoisotopic (exact) mass is 286 g/mol. The molecule has 0 aliphatic heterocycles. The predicted molar refractivity (Wildman–Crippen MR) is 29.1 cm³/mol. The zero-order chi connectivity index (χ0) is 10.9. The maximum atomic E-state index is 12.4. The molecule has 0 unspecified atom stereocenters. The minimum absolute atomic E-state index is 0. The first kappa shape index (κ1) is 16.8. The summed E-state index contributed by atoms with van der Waals surface area (Å²) in [6, 6.07) is 0. The van der Waals surface area contributed by atoms with E-state index in [9.17, 15) is 26.3 Å². The first-order valence-electron chi connectivity index (χ1n) is 2.73. The molecule has 0 aliphatic carbocycles. The van der Waals surface area contributed by atoms with Crippen molar-refractivity contribution >= 4 is 6.42 Å².